The minimum Gasteiger partial charge on any atom is -0.478 e. The highest BCUT2D eigenvalue weighted by Crippen LogP contribution is 2.21. The van der Waals surface area contributed by atoms with Crippen molar-refractivity contribution in [3.63, 3.8) is 0 Å². The highest BCUT2D eigenvalue weighted by Gasteiger charge is 2.24. The van der Waals surface area contributed by atoms with E-state index in [2.05, 4.69) is 4.72 Å². The first-order chi connectivity index (χ1) is 9.54. The summed E-state index contributed by atoms with van der Waals surface area (Å²) in [5.41, 5.74) is -0.623. The Balaban J connectivity index is 3.25. The molecule has 1 aromatic carbocycles. The molecule has 0 aliphatic rings. The lowest BCUT2D eigenvalue weighted by molar-refractivity contribution is 0.0696. The SMILES string of the molecule is Cc1c(F)cc(C(=O)O)cc1S(=O)(=O)NC(C)CS(C)=O. The van der Waals surface area contributed by atoms with Gasteiger partial charge in [-0.05, 0) is 26.0 Å². The molecule has 0 fully saturated rings. The molecule has 6 nitrogen and oxygen atoms in total. The molecular weight excluding hydrogens is 321 g/mol. The highest BCUT2D eigenvalue weighted by atomic mass is 32.2. The number of hydrogen-bond acceptors (Lipinski definition) is 4. The van der Waals surface area contributed by atoms with Gasteiger partial charge in [-0.3, -0.25) is 4.21 Å². The molecule has 9 heteroatoms. The van der Waals surface area contributed by atoms with Gasteiger partial charge in [0.05, 0.1) is 10.5 Å². The summed E-state index contributed by atoms with van der Waals surface area (Å²) >= 11 is 0. The molecule has 21 heavy (non-hydrogen) atoms. The van der Waals surface area contributed by atoms with E-state index in [1.165, 1.54) is 20.1 Å². The smallest absolute Gasteiger partial charge is 0.335 e. The first-order valence-corrected chi connectivity index (χ1v) is 9.11. The Kier molecular flexibility index (Phi) is 5.60. The number of halogens is 1. The fraction of sp³-hybridized carbons (Fsp3) is 0.417. The topological polar surface area (TPSA) is 101 Å². The number of benzene rings is 1. The quantitative estimate of drug-likeness (QED) is 0.802. The molecule has 0 saturated heterocycles. The second kappa shape index (κ2) is 6.63. The van der Waals surface area contributed by atoms with Crippen LogP contribution in [0.15, 0.2) is 17.0 Å². The average Bonchev–Trinajstić information content (AvgIpc) is 2.29. The lowest BCUT2D eigenvalue weighted by atomic mass is 10.1. The van der Waals surface area contributed by atoms with E-state index >= 15 is 0 Å². The summed E-state index contributed by atoms with van der Waals surface area (Å²) in [6.07, 6.45) is 1.43. The van der Waals surface area contributed by atoms with Crippen molar-refractivity contribution in [1.29, 1.82) is 0 Å². The monoisotopic (exact) mass is 337 g/mol. The van der Waals surface area contributed by atoms with Crippen LogP contribution in [0.5, 0.6) is 0 Å². The number of carbonyl (C=O) groups is 1. The summed E-state index contributed by atoms with van der Waals surface area (Å²) in [6, 6.07) is 1.04. The first kappa shape index (κ1) is 17.7. The molecule has 0 heterocycles. The zero-order valence-corrected chi connectivity index (χ0v) is 13.3. The molecule has 0 aliphatic heterocycles. The van der Waals surface area contributed by atoms with Crippen LogP contribution >= 0.6 is 0 Å². The van der Waals surface area contributed by atoms with Gasteiger partial charge in [-0.15, -0.1) is 0 Å². The number of hydrogen-bond donors (Lipinski definition) is 2. The number of sulfonamides is 1. The first-order valence-electron chi connectivity index (χ1n) is 5.90. The summed E-state index contributed by atoms with van der Waals surface area (Å²) in [5, 5.41) is 8.87. The zero-order chi connectivity index (χ0) is 16.4. The number of nitrogens with one attached hydrogen (secondary N) is 1. The van der Waals surface area contributed by atoms with E-state index in [0.29, 0.717) is 0 Å². The van der Waals surface area contributed by atoms with Crippen LogP contribution in [-0.2, 0) is 20.8 Å². The average molecular weight is 337 g/mol. The van der Waals surface area contributed by atoms with Gasteiger partial charge in [0, 0.05) is 34.4 Å². The maximum Gasteiger partial charge on any atom is 0.335 e. The van der Waals surface area contributed by atoms with Crippen molar-refractivity contribution in [3.8, 4) is 0 Å². The number of carboxylic acids is 1. The summed E-state index contributed by atoms with van der Waals surface area (Å²) in [6.45, 7) is 2.77. The van der Waals surface area contributed by atoms with Crippen LogP contribution in [0.2, 0.25) is 0 Å². The fourth-order valence-corrected chi connectivity index (χ4v) is 4.19. The van der Waals surface area contributed by atoms with Crippen molar-refractivity contribution in [3.05, 3.63) is 29.1 Å². The van der Waals surface area contributed by atoms with E-state index in [9.17, 15) is 21.8 Å². The number of aromatic carboxylic acids is 1. The third kappa shape index (κ3) is 4.58. The molecule has 0 bridgehead atoms. The van der Waals surface area contributed by atoms with Crippen LogP contribution in [0, 0.1) is 12.7 Å². The van der Waals surface area contributed by atoms with Gasteiger partial charge < -0.3 is 5.11 Å². The number of rotatable bonds is 6. The van der Waals surface area contributed by atoms with Crippen LogP contribution in [0.25, 0.3) is 0 Å². The predicted molar refractivity (Wildman–Crippen MR) is 76.8 cm³/mol. The van der Waals surface area contributed by atoms with Gasteiger partial charge in [-0.25, -0.2) is 22.3 Å². The zero-order valence-electron chi connectivity index (χ0n) is 11.7. The Hall–Kier alpha value is -1.32. The van der Waals surface area contributed by atoms with Gasteiger partial charge in [0.2, 0.25) is 10.0 Å². The molecule has 2 N–H and O–H groups in total. The minimum absolute atomic E-state index is 0.0966. The molecule has 0 aliphatic carbocycles. The van der Waals surface area contributed by atoms with Crippen molar-refractivity contribution >= 4 is 26.8 Å². The van der Waals surface area contributed by atoms with Crippen LogP contribution < -0.4 is 4.72 Å². The number of carboxylic acid groups (broad SMARTS) is 1. The van der Waals surface area contributed by atoms with Crippen molar-refractivity contribution in [2.45, 2.75) is 24.8 Å². The summed E-state index contributed by atoms with van der Waals surface area (Å²) < 4.78 is 51.4. The molecule has 0 aromatic heterocycles. The van der Waals surface area contributed by atoms with Crippen LogP contribution in [0.4, 0.5) is 4.39 Å². The molecule has 0 saturated carbocycles. The maximum atomic E-state index is 13.7. The second-order valence-electron chi connectivity index (χ2n) is 4.65. The van der Waals surface area contributed by atoms with E-state index in [-0.39, 0.29) is 11.3 Å². The molecule has 0 radical (unpaired) electrons. The van der Waals surface area contributed by atoms with Gasteiger partial charge in [0.15, 0.2) is 0 Å². The third-order valence-corrected chi connectivity index (χ3v) is 5.36. The van der Waals surface area contributed by atoms with Crippen LogP contribution in [0.3, 0.4) is 0 Å². The lowest BCUT2D eigenvalue weighted by Crippen LogP contribution is -2.36. The van der Waals surface area contributed by atoms with E-state index in [1.54, 1.807) is 0 Å². The molecule has 0 amide bonds. The second-order valence-corrected chi connectivity index (χ2v) is 7.81. The van der Waals surface area contributed by atoms with Crippen molar-refractivity contribution in [2.75, 3.05) is 12.0 Å². The predicted octanol–water partition coefficient (Wildman–Crippen LogP) is 0.878. The summed E-state index contributed by atoms with van der Waals surface area (Å²) in [7, 11) is -5.31. The standard InChI is InChI=1S/C12H16FNO5S2/c1-7(6-20(3)17)14-21(18,19)11-5-9(12(15)16)4-10(13)8(11)2/h4-5,7,14H,6H2,1-3H3,(H,15,16). The minimum atomic E-state index is -4.10. The van der Waals surface area contributed by atoms with E-state index in [0.717, 1.165) is 12.1 Å². The van der Waals surface area contributed by atoms with Gasteiger partial charge >= 0.3 is 5.97 Å². The van der Waals surface area contributed by atoms with Crippen LogP contribution in [-0.4, -0.2) is 41.8 Å². The molecule has 118 valence electrons. The Morgan fingerprint density at radius 2 is 2.05 bits per heavy atom. The summed E-state index contributed by atoms with van der Waals surface area (Å²) in [4.78, 5) is 10.5. The molecule has 1 rings (SSSR count). The fourth-order valence-electron chi connectivity index (χ4n) is 1.77. The maximum absolute atomic E-state index is 13.7. The van der Waals surface area contributed by atoms with Crippen LogP contribution in [0.1, 0.15) is 22.8 Å². The summed E-state index contributed by atoms with van der Waals surface area (Å²) in [5.74, 6) is -2.24. The lowest BCUT2D eigenvalue weighted by Gasteiger charge is -2.15. The van der Waals surface area contributed by atoms with Crippen molar-refractivity contribution in [2.24, 2.45) is 0 Å². The highest BCUT2D eigenvalue weighted by molar-refractivity contribution is 7.89. The Labute approximate surface area is 124 Å². The molecule has 2 atom stereocenters. The van der Waals surface area contributed by atoms with Gasteiger partial charge in [0.1, 0.15) is 5.82 Å². The molecule has 1 aromatic rings. The van der Waals surface area contributed by atoms with Gasteiger partial charge in [-0.1, -0.05) is 0 Å². The van der Waals surface area contributed by atoms with E-state index < -0.39 is 49.1 Å². The normalized spacial score (nSPS) is 14.7. The Morgan fingerprint density at radius 3 is 2.52 bits per heavy atom. The largest absolute Gasteiger partial charge is 0.478 e. The van der Waals surface area contributed by atoms with Crippen molar-refractivity contribution in [1.82, 2.24) is 4.72 Å². The molecule has 2 unspecified atom stereocenters. The van der Waals surface area contributed by atoms with Gasteiger partial charge in [0.25, 0.3) is 0 Å². The van der Waals surface area contributed by atoms with E-state index in [1.807, 2.05) is 0 Å². The Morgan fingerprint density at radius 1 is 1.48 bits per heavy atom. The third-order valence-electron chi connectivity index (χ3n) is 2.67. The van der Waals surface area contributed by atoms with E-state index in [4.69, 9.17) is 5.11 Å². The van der Waals surface area contributed by atoms with Gasteiger partial charge in [-0.2, -0.15) is 0 Å². The molecular formula is C12H16FNO5S2. The molecule has 0 spiro atoms. The van der Waals surface area contributed by atoms with Crippen molar-refractivity contribution < 1.29 is 26.9 Å². The Bertz CT molecular complexity index is 687.